The molecule has 5 aliphatic carbocycles. The van der Waals surface area contributed by atoms with Crippen molar-refractivity contribution in [2.24, 2.45) is 34.3 Å². The fourth-order valence-corrected chi connectivity index (χ4v) is 5.81. The number of rotatable bonds is 2. The summed E-state index contributed by atoms with van der Waals surface area (Å²) < 4.78 is 0. The summed E-state index contributed by atoms with van der Waals surface area (Å²) >= 11 is 0. The number of nitrogens with two attached hydrogens (primary N) is 1. The van der Waals surface area contributed by atoms with Crippen LogP contribution in [0.1, 0.15) is 58.3 Å². The Morgan fingerprint density at radius 2 is 1.38 bits per heavy atom. The first-order valence-corrected chi connectivity index (χ1v) is 7.35. The van der Waals surface area contributed by atoms with Gasteiger partial charge in [0.2, 0.25) is 0 Å². The lowest BCUT2D eigenvalue weighted by molar-refractivity contribution is -0.0783. The average molecular weight is 219 g/mol. The Bertz CT molecular complexity index is 280. The molecule has 0 amide bonds. The molecular formula is C15H25N. The molecule has 5 aliphatic rings. The van der Waals surface area contributed by atoms with Gasteiger partial charge < -0.3 is 5.73 Å². The summed E-state index contributed by atoms with van der Waals surface area (Å²) in [7, 11) is 0. The average Bonchev–Trinajstić information content (AvgIpc) is 2.94. The molecule has 4 bridgehead atoms. The second-order valence-corrected chi connectivity index (χ2v) is 7.91. The predicted molar refractivity (Wildman–Crippen MR) is 65.9 cm³/mol. The maximum absolute atomic E-state index is 6.71. The van der Waals surface area contributed by atoms with Gasteiger partial charge in [-0.1, -0.05) is 6.92 Å². The highest BCUT2D eigenvalue weighted by atomic mass is 14.8. The van der Waals surface area contributed by atoms with Gasteiger partial charge in [-0.2, -0.15) is 0 Å². The molecule has 0 aromatic rings. The van der Waals surface area contributed by atoms with Crippen LogP contribution in [0.15, 0.2) is 0 Å². The lowest BCUT2D eigenvalue weighted by Gasteiger charge is -2.60. The van der Waals surface area contributed by atoms with Crippen LogP contribution in [-0.4, -0.2) is 6.04 Å². The maximum atomic E-state index is 6.71. The van der Waals surface area contributed by atoms with Crippen LogP contribution in [-0.2, 0) is 0 Å². The molecule has 5 saturated carbocycles. The largest absolute Gasteiger partial charge is 0.327 e. The van der Waals surface area contributed by atoms with E-state index in [-0.39, 0.29) is 0 Å². The Labute approximate surface area is 99.2 Å². The van der Waals surface area contributed by atoms with Crippen molar-refractivity contribution < 1.29 is 0 Å². The van der Waals surface area contributed by atoms with Gasteiger partial charge in [0, 0.05) is 6.04 Å². The SMILES string of the molecule is CC1(C(N)C23CC4CC(CC(C4)C2)C3)CC1. The molecule has 0 saturated heterocycles. The Kier molecular flexibility index (Phi) is 1.77. The van der Waals surface area contributed by atoms with Crippen LogP contribution in [0.2, 0.25) is 0 Å². The quantitative estimate of drug-likeness (QED) is 0.757. The van der Waals surface area contributed by atoms with E-state index in [1.165, 1.54) is 32.1 Å². The molecule has 0 heterocycles. The molecular weight excluding hydrogens is 194 g/mol. The third kappa shape index (κ3) is 1.21. The van der Waals surface area contributed by atoms with Crippen molar-refractivity contribution in [1.29, 1.82) is 0 Å². The molecule has 0 radical (unpaired) electrons. The molecule has 2 N–H and O–H groups in total. The molecule has 0 spiro atoms. The number of hydrogen-bond donors (Lipinski definition) is 1. The molecule has 0 aliphatic heterocycles. The predicted octanol–water partition coefficient (Wildman–Crippen LogP) is 3.33. The normalized spacial score (nSPS) is 54.0. The van der Waals surface area contributed by atoms with Crippen LogP contribution in [0.25, 0.3) is 0 Å². The van der Waals surface area contributed by atoms with Crippen LogP contribution >= 0.6 is 0 Å². The van der Waals surface area contributed by atoms with Crippen LogP contribution in [0, 0.1) is 28.6 Å². The van der Waals surface area contributed by atoms with E-state index in [2.05, 4.69) is 6.92 Å². The molecule has 0 aromatic heterocycles. The topological polar surface area (TPSA) is 26.0 Å². The zero-order chi connectivity index (χ0) is 11.0. The molecule has 5 fully saturated rings. The minimum atomic E-state index is 0.522. The zero-order valence-electron chi connectivity index (χ0n) is 10.5. The molecule has 1 nitrogen and oxygen atoms in total. The van der Waals surface area contributed by atoms with E-state index < -0.39 is 0 Å². The van der Waals surface area contributed by atoms with Crippen molar-refractivity contribution in [3.63, 3.8) is 0 Å². The zero-order valence-corrected chi connectivity index (χ0v) is 10.5. The van der Waals surface area contributed by atoms with Crippen molar-refractivity contribution in [3.05, 3.63) is 0 Å². The van der Waals surface area contributed by atoms with E-state index in [0.29, 0.717) is 16.9 Å². The molecule has 16 heavy (non-hydrogen) atoms. The van der Waals surface area contributed by atoms with Crippen LogP contribution < -0.4 is 5.73 Å². The minimum absolute atomic E-state index is 0.522. The van der Waals surface area contributed by atoms with Gasteiger partial charge in [0.1, 0.15) is 0 Å². The fraction of sp³-hybridized carbons (Fsp3) is 1.00. The monoisotopic (exact) mass is 219 g/mol. The number of hydrogen-bond acceptors (Lipinski definition) is 1. The molecule has 1 heteroatoms. The Hall–Kier alpha value is -0.0400. The summed E-state index contributed by atoms with van der Waals surface area (Å²) in [4.78, 5) is 0. The van der Waals surface area contributed by atoms with Gasteiger partial charge in [-0.15, -0.1) is 0 Å². The summed E-state index contributed by atoms with van der Waals surface area (Å²) in [5.41, 5.74) is 7.83. The van der Waals surface area contributed by atoms with Gasteiger partial charge >= 0.3 is 0 Å². The van der Waals surface area contributed by atoms with Gasteiger partial charge in [0.25, 0.3) is 0 Å². The van der Waals surface area contributed by atoms with Crippen molar-refractivity contribution in [2.45, 2.75) is 64.3 Å². The van der Waals surface area contributed by atoms with Crippen molar-refractivity contribution in [3.8, 4) is 0 Å². The van der Waals surface area contributed by atoms with Crippen molar-refractivity contribution in [2.75, 3.05) is 0 Å². The second-order valence-electron chi connectivity index (χ2n) is 7.91. The lowest BCUT2D eigenvalue weighted by Crippen LogP contribution is -2.57. The van der Waals surface area contributed by atoms with Gasteiger partial charge in [0.05, 0.1) is 0 Å². The van der Waals surface area contributed by atoms with Gasteiger partial charge in [-0.25, -0.2) is 0 Å². The third-order valence-corrected chi connectivity index (χ3v) is 6.53. The van der Waals surface area contributed by atoms with Gasteiger partial charge in [0.15, 0.2) is 0 Å². The molecule has 1 atom stereocenters. The summed E-state index contributed by atoms with van der Waals surface area (Å²) in [6.45, 7) is 2.44. The molecule has 0 aromatic carbocycles. The summed E-state index contributed by atoms with van der Waals surface area (Å²) in [5, 5.41) is 0. The Morgan fingerprint density at radius 3 is 1.75 bits per heavy atom. The maximum Gasteiger partial charge on any atom is 0.0150 e. The highest BCUT2D eigenvalue weighted by molar-refractivity contribution is 5.12. The Balaban J connectivity index is 1.66. The van der Waals surface area contributed by atoms with Crippen LogP contribution in [0.5, 0.6) is 0 Å². The summed E-state index contributed by atoms with van der Waals surface area (Å²) in [5.74, 6) is 3.17. The minimum Gasteiger partial charge on any atom is -0.327 e. The van der Waals surface area contributed by atoms with Crippen molar-refractivity contribution >= 4 is 0 Å². The van der Waals surface area contributed by atoms with E-state index >= 15 is 0 Å². The first-order valence-electron chi connectivity index (χ1n) is 7.35. The first kappa shape index (κ1) is 9.94. The standard InChI is InChI=1S/C15H25N/c1-14(2-3-14)13(16)15-7-10-4-11(8-15)6-12(5-10)9-15/h10-13H,2-9,16H2,1H3. The molecule has 5 rings (SSSR count). The Morgan fingerprint density at radius 1 is 0.938 bits per heavy atom. The van der Waals surface area contributed by atoms with Crippen LogP contribution in [0.3, 0.4) is 0 Å². The summed E-state index contributed by atoms with van der Waals surface area (Å²) in [6, 6.07) is 0.522. The van der Waals surface area contributed by atoms with Crippen molar-refractivity contribution in [1.82, 2.24) is 0 Å². The van der Waals surface area contributed by atoms with E-state index in [1.54, 1.807) is 19.3 Å². The van der Waals surface area contributed by atoms with Gasteiger partial charge in [-0.05, 0) is 80.0 Å². The molecule has 1 unspecified atom stereocenters. The summed E-state index contributed by atoms with van der Waals surface area (Å²) in [6.07, 6.45) is 11.9. The second kappa shape index (κ2) is 2.85. The van der Waals surface area contributed by atoms with Crippen LogP contribution in [0.4, 0.5) is 0 Å². The lowest BCUT2D eigenvalue weighted by atomic mass is 9.46. The van der Waals surface area contributed by atoms with E-state index in [0.717, 1.165) is 17.8 Å². The van der Waals surface area contributed by atoms with E-state index in [1.807, 2.05) is 0 Å². The third-order valence-electron chi connectivity index (χ3n) is 6.53. The highest BCUT2D eigenvalue weighted by Crippen LogP contribution is 2.65. The van der Waals surface area contributed by atoms with E-state index in [4.69, 9.17) is 5.73 Å². The van der Waals surface area contributed by atoms with E-state index in [9.17, 15) is 0 Å². The van der Waals surface area contributed by atoms with Gasteiger partial charge in [-0.3, -0.25) is 0 Å². The smallest absolute Gasteiger partial charge is 0.0150 e. The first-order chi connectivity index (χ1) is 7.60. The highest BCUT2D eigenvalue weighted by Gasteiger charge is 2.59. The fourth-order valence-electron chi connectivity index (χ4n) is 5.81. The molecule has 90 valence electrons.